The van der Waals surface area contributed by atoms with E-state index in [0.717, 1.165) is 5.56 Å². The molecule has 0 fully saturated rings. The second kappa shape index (κ2) is 11.9. The van der Waals surface area contributed by atoms with Crippen LogP contribution in [-0.4, -0.2) is 55.8 Å². The van der Waals surface area contributed by atoms with Gasteiger partial charge >= 0.3 is 6.03 Å². The molecule has 2 N–H and O–H groups in total. The molecule has 1 heterocycles. The van der Waals surface area contributed by atoms with E-state index in [0.29, 0.717) is 47.2 Å². The van der Waals surface area contributed by atoms with Crippen LogP contribution in [0.2, 0.25) is 10.0 Å². The van der Waals surface area contributed by atoms with Crippen LogP contribution in [-0.2, 0) is 27.4 Å². The lowest BCUT2D eigenvalue weighted by atomic mass is 10.2. The maximum absolute atomic E-state index is 12.0. The van der Waals surface area contributed by atoms with Crippen LogP contribution in [0.4, 0.5) is 9.93 Å². The molecule has 0 spiro atoms. The van der Waals surface area contributed by atoms with Crippen molar-refractivity contribution in [3.8, 4) is 0 Å². The zero-order valence-corrected chi connectivity index (χ0v) is 18.4. The summed E-state index contributed by atoms with van der Waals surface area (Å²) in [4.78, 5) is 29.9. The predicted molar refractivity (Wildman–Crippen MR) is 114 cm³/mol. The number of halogens is 2. The Morgan fingerprint density at radius 2 is 2.03 bits per heavy atom. The summed E-state index contributed by atoms with van der Waals surface area (Å²) in [6.45, 7) is 1.38. The summed E-state index contributed by atoms with van der Waals surface area (Å²) in [5.74, 6) is -0.164. The quantitative estimate of drug-likeness (QED) is 0.530. The second-order valence-corrected chi connectivity index (χ2v) is 7.67. The molecule has 2 aromatic rings. The highest BCUT2D eigenvalue weighted by Crippen LogP contribution is 2.22. The van der Waals surface area contributed by atoms with Gasteiger partial charge < -0.3 is 19.7 Å². The van der Waals surface area contributed by atoms with E-state index in [-0.39, 0.29) is 12.5 Å². The van der Waals surface area contributed by atoms with Crippen LogP contribution in [0, 0.1) is 0 Å². The van der Waals surface area contributed by atoms with Gasteiger partial charge in [0.2, 0.25) is 5.91 Å². The summed E-state index contributed by atoms with van der Waals surface area (Å²) in [5, 5.41) is 8.49. The van der Waals surface area contributed by atoms with E-state index in [4.69, 9.17) is 32.7 Å². The highest BCUT2D eigenvalue weighted by atomic mass is 35.5. The minimum absolute atomic E-state index is 0.0216. The van der Waals surface area contributed by atoms with Crippen LogP contribution >= 0.6 is 34.5 Å². The Balaban J connectivity index is 1.76. The molecule has 1 aromatic heterocycles. The molecule has 0 aliphatic rings. The molecule has 2 rings (SSSR count). The van der Waals surface area contributed by atoms with Crippen molar-refractivity contribution in [2.45, 2.75) is 13.1 Å². The fraction of sp³-hybridized carbons (Fsp3) is 0.389. The van der Waals surface area contributed by atoms with E-state index < -0.39 is 6.03 Å². The van der Waals surface area contributed by atoms with Gasteiger partial charge in [-0.15, -0.1) is 11.3 Å². The Bertz CT molecular complexity index is 834. The molecular weight excluding hydrogens is 439 g/mol. The van der Waals surface area contributed by atoms with Gasteiger partial charge in [-0.1, -0.05) is 29.3 Å². The number of urea groups is 1. The molecule has 0 aliphatic carbocycles. The molecule has 158 valence electrons. The number of anilines is 1. The lowest BCUT2D eigenvalue weighted by Gasteiger charge is -2.15. The van der Waals surface area contributed by atoms with Gasteiger partial charge in [0.05, 0.1) is 35.5 Å². The molecule has 0 bridgehead atoms. The first-order valence-corrected chi connectivity index (χ1v) is 10.3. The summed E-state index contributed by atoms with van der Waals surface area (Å²) in [7, 11) is 3.23. The number of carbonyl (C=O) groups excluding carboxylic acids is 2. The molecule has 0 aliphatic heterocycles. The Morgan fingerprint density at radius 1 is 1.24 bits per heavy atom. The average molecular weight is 461 g/mol. The van der Waals surface area contributed by atoms with Crippen LogP contribution in [0.1, 0.15) is 11.3 Å². The smallest absolute Gasteiger partial charge is 0.321 e. The number of hydrogen-bond donors (Lipinski definition) is 2. The first kappa shape index (κ1) is 23.4. The molecule has 1 aromatic carbocycles. The summed E-state index contributed by atoms with van der Waals surface area (Å²) in [5.41, 5.74) is 1.49. The molecule has 0 unspecified atom stereocenters. The van der Waals surface area contributed by atoms with E-state index in [9.17, 15) is 9.59 Å². The molecule has 0 radical (unpaired) electrons. The van der Waals surface area contributed by atoms with Crippen molar-refractivity contribution in [2.75, 3.05) is 39.3 Å². The largest absolute Gasteiger partial charge is 0.382 e. The third-order valence-electron chi connectivity index (χ3n) is 3.69. The van der Waals surface area contributed by atoms with Crippen molar-refractivity contribution in [3.63, 3.8) is 0 Å². The normalized spacial score (nSPS) is 10.6. The number of rotatable bonds is 10. The minimum atomic E-state index is -0.395. The van der Waals surface area contributed by atoms with Crippen LogP contribution in [0.3, 0.4) is 0 Å². The fourth-order valence-corrected chi connectivity index (χ4v) is 3.17. The number of aromatic nitrogens is 1. The third-order valence-corrected chi connectivity index (χ3v) is 5.24. The van der Waals surface area contributed by atoms with Gasteiger partial charge in [-0.25, -0.2) is 9.78 Å². The zero-order chi connectivity index (χ0) is 21.2. The third kappa shape index (κ3) is 8.15. The lowest BCUT2D eigenvalue weighted by Crippen LogP contribution is -2.30. The molecule has 8 nitrogen and oxygen atoms in total. The summed E-state index contributed by atoms with van der Waals surface area (Å²) < 4.78 is 10.1. The molecule has 0 saturated heterocycles. The average Bonchev–Trinajstić information content (AvgIpc) is 3.12. The van der Waals surface area contributed by atoms with E-state index in [1.54, 1.807) is 37.7 Å². The Labute approximate surface area is 183 Å². The number of thiazole rings is 1. The van der Waals surface area contributed by atoms with Crippen molar-refractivity contribution in [2.24, 2.45) is 0 Å². The Kier molecular flexibility index (Phi) is 9.62. The van der Waals surface area contributed by atoms with Crippen LogP contribution in [0.5, 0.6) is 0 Å². The van der Waals surface area contributed by atoms with E-state index in [1.807, 2.05) is 0 Å². The summed E-state index contributed by atoms with van der Waals surface area (Å²) in [6, 6.07) is 4.75. The van der Waals surface area contributed by atoms with E-state index in [1.165, 1.54) is 16.2 Å². The minimum Gasteiger partial charge on any atom is -0.382 e. The Hall–Kier alpha value is -1.91. The number of nitrogens with zero attached hydrogens (tertiary/aromatic N) is 2. The SMILES string of the molecule is COCCOCC(=O)N(C)Cc1csc(NC(=O)NCc2ccc(Cl)c(Cl)c2)n1. The number of hydrogen-bond acceptors (Lipinski definition) is 6. The first-order chi connectivity index (χ1) is 13.9. The van der Waals surface area contributed by atoms with E-state index in [2.05, 4.69) is 15.6 Å². The van der Waals surface area contributed by atoms with E-state index >= 15 is 0 Å². The number of benzene rings is 1. The highest BCUT2D eigenvalue weighted by Gasteiger charge is 2.13. The molecule has 29 heavy (non-hydrogen) atoms. The molecule has 0 saturated carbocycles. The van der Waals surface area contributed by atoms with Crippen molar-refractivity contribution in [3.05, 3.63) is 44.9 Å². The van der Waals surface area contributed by atoms with Crippen LogP contribution in [0.15, 0.2) is 23.6 Å². The van der Waals surface area contributed by atoms with Gasteiger partial charge in [0.15, 0.2) is 5.13 Å². The predicted octanol–water partition coefficient (Wildman–Crippen LogP) is 3.39. The van der Waals surface area contributed by atoms with Gasteiger partial charge in [-0.3, -0.25) is 10.1 Å². The van der Waals surface area contributed by atoms with Crippen molar-refractivity contribution in [1.29, 1.82) is 0 Å². The van der Waals surface area contributed by atoms with Crippen molar-refractivity contribution < 1.29 is 19.1 Å². The Morgan fingerprint density at radius 3 is 2.76 bits per heavy atom. The van der Waals surface area contributed by atoms with Crippen LogP contribution in [0.25, 0.3) is 0 Å². The van der Waals surface area contributed by atoms with Gasteiger partial charge in [0.25, 0.3) is 0 Å². The number of ether oxygens (including phenoxy) is 2. The maximum Gasteiger partial charge on any atom is 0.321 e. The van der Waals surface area contributed by atoms with Gasteiger partial charge in [-0.2, -0.15) is 0 Å². The van der Waals surface area contributed by atoms with Gasteiger partial charge in [-0.05, 0) is 17.7 Å². The standard InChI is InChI=1S/C18H22Cl2N4O4S/c1-24(16(25)10-28-6-5-27-2)9-13-11-29-18(22-13)23-17(26)21-8-12-3-4-14(19)15(20)7-12/h3-4,7,11H,5-6,8-10H2,1-2H3,(H2,21,22,23,26). The fourth-order valence-electron chi connectivity index (χ4n) is 2.15. The first-order valence-electron chi connectivity index (χ1n) is 8.63. The molecular formula is C18H22Cl2N4O4S. The van der Waals surface area contributed by atoms with Gasteiger partial charge in [0.1, 0.15) is 6.61 Å². The molecule has 11 heteroatoms. The monoisotopic (exact) mass is 460 g/mol. The molecule has 3 amide bonds. The highest BCUT2D eigenvalue weighted by molar-refractivity contribution is 7.13. The van der Waals surface area contributed by atoms with Crippen molar-refractivity contribution >= 4 is 51.6 Å². The maximum atomic E-state index is 12.0. The number of nitrogens with one attached hydrogen (secondary N) is 2. The topological polar surface area (TPSA) is 92.8 Å². The summed E-state index contributed by atoms with van der Waals surface area (Å²) in [6.07, 6.45) is 0. The number of carbonyl (C=O) groups is 2. The number of likely N-dealkylation sites (N-methyl/N-ethyl adjacent to an activating group) is 1. The number of methoxy groups -OCH3 is 1. The molecule has 0 atom stereocenters. The number of amides is 3. The van der Waals surface area contributed by atoms with Crippen LogP contribution < -0.4 is 10.6 Å². The lowest BCUT2D eigenvalue weighted by molar-refractivity contribution is -0.135. The second-order valence-electron chi connectivity index (χ2n) is 6.00. The van der Waals surface area contributed by atoms with Gasteiger partial charge in [0, 0.05) is 26.1 Å². The summed E-state index contributed by atoms with van der Waals surface area (Å²) >= 11 is 13.1. The zero-order valence-electron chi connectivity index (χ0n) is 16.0. The van der Waals surface area contributed by atoms with Crippen molar-refractivity contribution in [1.82, 2.24) is 15.2 Å².